The van der Waals surface area contributed by atoms with Crippen LogP contribution in [0.25, 0.3) is 0 Å². The predicted molar refractivity (Wildman–Crippen MR) is 205 cm³/mol. The summed E-state index contributed by atoms with van der Waals surface area (Å²) in [4.78, 5) is 24.2. The first-order chi connectivity index (χ1) is 23.6. The minimum Gasteiger partial charge on any atom is -0.462 e. The van der Waals surface area contributed by atoms with Gasteiger partial charge < -0.3 is 14.6 Å². The van der Waals surface area contributed by atoms with E-state index in [0.717, 1.165) is 64.2 Å². The maximum absolute atomic E-state index is 12.1. The Hall–Kier alpha value is -2.40. The van der Waals surface area contributed by atoms with Crippen molar-refractivity contribution in [2.24, 2.45) is 0 Å². The number of aliphatic hydroxyl groups is 1. The molecular weight excluding hydrogens is 596 g/mol. The molecule has 0 rings (SSSR count). The number of allylic oxidation sites excluding steroid dienone is 10. The van der Waals surface area contributed by atoms with Crippen molar-refractivity contribution in [1.29, 1.82) is 0 Å². The van der Waals surface area contributed by atoms with Crippen LogP contribution in [-0.2, 0) is 19.1 Å². The first-order valence-electron chi connectivity index (χ1n) is 19.8. The topological polar surface area (TPSA) is 72.8 Å². The highest BCUT2D eigenvalue weighted by Crippen LogP contribution is 2.13. The lowest BCUT2D eigenvalue weighted by molar-refractivity contribution is -0.161. The summed E-state index contributed by atoms with van der Waals surface area (Å²) in [5.74, 6) is -0.644. The van der Waals surface area contributed by atoms with E-state index < -0.39 is 6.10 Å². The summed E-state index contributed by atoms with van der Waals surface area (Å²) in [5, 5.41) is 9.54. The molecule has 0 heterocycles. The number of unbranched alkanes of at least 4 members (excludes halogenated alkanes) is 17. The van der Waals surface area contributed by atoms with Crippen LogP contribution in [0.5, 0.6) is 0 Å². The number of carbonyl (C=O) groups excluding carboxylic acids is 2. The van der Waals surface area contributed by atoms with Crippen molar-refractivity contribution < 1.29 is 24.2 Å². The predicted octanol–water partition coefficient (Wildman–Crippen LogP) is 12.4. The first-order valence-corrected chi connectivity index (χ1v) is 19.8. The molecule has 5 nitrogen and oxygen atoms in total. The average molecular weight is 671 g/mol. The molecule has 0 fully saturated rings. The highest BCUT2D eigenvalue weighted by molar-refractivity contribution is 5.70. The van der Waals surface area contributed by atoms with Crippen molar-refractivity contribution >= 4 is 11.9 Å². The Morgan fingerprint density at radius 3 is 1.42 bits per heavy atom. The van der Waals surface area contributed by atoms with Crippen molar-refractivity contribution in [2.75, 3.05) is 13.2 Å². The number of carbonyl (C=O) groups is 2. The summed E-state index contributed by atoms with van der Waals surface area (Å²) >= 11 is 0. The van der Waals surface area contributed by atoms with E-state index in [1.807, 2.05) is 0 Å². The Labute approximate surface area is 296 Å². The zero-order valence-corrected chi connectivity index (χ0v) is 31.2. The maximum Gasteiger partial charge on any atom is 0.306 e. The largest absolute Gasteiger partial charge is 0.462 e. The van der Waals surface area contributed by atoms with Crippen molar-refractivity contribution in [2.45, 2.75) is 187 Å². The number of hydrogen-bond donors (Lipinski definition) is 1. The fraction of sp³-hybridized carbons (Fsp3) is 0.721. The molecule has 48 heavy (non-hydrogen) atoms. The van der Waals surface area contributed by atoms with Crippen LogP contribution in [0, 0.1) is 0 Å². The van der Waals surface area contributed by atoms with E-state index in [-0.39, 0.29) is 25.2 Å². The molecule has 0 bridgehead atoms. The third-order valence-corrected chi connectivity index (χ3v) is 8.30. The van der Waals surface area contributed by atoms with Gasteiger partial charge in [-0.05, 0) is 77.0 Å². The lowest BCUT2D eigenvalue weighted by Crippen LogP contribution is -2.28. The Morgan fingerprint density at radius 2 is 0.896 bits per heavy atom. The minimum absolute atomic E-state index is 0.0854. The average Bonchev–Trinajstić information content (AvgIpc) is 3.09. The quantitative estimate of drug-likeness (QED) is 0.0413. The van der Waals surface area contributed by atoms with Gasteiger partial charge in [0.05, 0.1) is 6.61 Å². The van der Waals surface area contributed by atoms with E-state index in [9.17, 15) is 14.7 Å². The monoisotopic (exact) mass is 671 g/mol. The number of hydrogen-bond acceptors (Lipinski definition) is 5. The number of aliphatic hydroxyl groups excluding tert-OH is 1. The second-order valence-electron chi connectivity index (χ2n) is 13.0. The third-order valence-electron chi connectivity index (χ3n) is 8.30. The van der Waals surface area contributed by atoms with Crippen molar-refractivity contribution in [3.63, 3.8) is 0 Å². The summed E-state index contributed by atoms with van der Waals surface area (Å²) in [6.45, 7) is 3.98. The SMILES string of the molecule is CC/C=C\C/C=C\C/C=C\C/C=C\CCCCC(=O)OC(CO)COC(=O)CCCCCCCCCCC/C=C\CCCCCCCC. The zero-order valence-electron chi connectivity index (χ0n) is 31.2. The highest BCUT2D eigenvalue weighted by Gasteiger charge is 2.16. The summed E-state index contributed by atoms with van der Waals surface area (Å²) in [5.41, 5.74) is 0. The van der Waals surface area contributed by atoms with E-state index in [0.29, 0.717) is 12.8 Å². The molecule has 1 N–H and O–H groups in total. The van der Waals surface area contributed by atoms with Gasteiger partial charge in [0, 0.05) is 12.8 Å². The molecule has 0 aliphatic heterocycles. The van der Waals surface area contributed by atoms with Crippen LogP contribution >= 0.6 is 0 Å². The van der Waals surface area contributed by atoms with E-state index in [2.05, 4.69) is 74.6 Å². The third kappa shape index (κ3) is 36.4. The zero-order chi connectivity index (χ0) is 35.0. The molecule has 0 aliphatic carbocycles. The molecule has 5 heteroatoms. The van der Waals surface area contributed by atoms with Gasteiger partial charge in [0.15, 0.2) is 6.10 Å². The lowest BCUT2D eigenvalue weighted by atomic mass is 10.1. The summed E-state index contributed by atoms with van der Waals surface area (Å²) in [6, 6.07) is 0. The van der Waals surface area contributed by atoms with Gasteiger partial charge in [-0.15, -0.1) is 0 Å². The van der Waals surface area contributed by atoms with Crippen LogP contribution in [0.15, 0.2) is 60.8 Å². The molecule has 1 unspecified atom stereocenters. The molecule has 0 radical (unpaired) electrons. The molecule has 276 valence electrons. The second kappa shape index (κ2) is 39.0. The first kappa shape index (κ1) is 45.6. The van der Waals surface area contributed by atoms with Gasteiger partial charge in [-0.25, -0.2) is 0 Å². The van der Waals surface area contributed by atoms with Crippen molar-refractivity contribution in [3.05, 3.63) is 60.8 Å². The van der Waals surface area contributed by atoms with Crippen LogP contribution in [0.4, 0.5) is 0 Å². The van der Waals surface area contributed by atoms with Crippen molar-refractivity contribution in [1.82, 2.24) is 0 Å². The maximum atomic E-state index is 12.1. The van der Waals surface area contributed by atoms with Crippen LogP contribution in [0.3, 0.4) is 0 Å². The Kier molecular flexibility index (Phi) is 37.1. The van der Waals surface area contributed by atoms with E-state index in [1.165, 1.54) is 89.9 Å². The molecule has 0 aromatic heterocycles. The van der Waals surface area contributed by atoms with E-state index >= 15 is 0 Å². The van der Waals surface area contributed by atoms with Gasteiger partial charge in [0.1, 0.15) is 6.61 Å². The Balaban J connectivity index is 3.61. The molecule has 0 aromatic carbocycles. The minimum atomic E-state index is -0.795. The smallest absolute Gasteiger partial charge is 0.306 e. The summed E-state index contributed by atoms with van der Waals surface area (Å²) in [7, 11) is 0. The molecule has 0 aromatic rings. The molecule has 0 saturated carbocycles. The summed E-state index contributed by atoms with van der Waals surface area (Å²) in [6.07, 6.45) is 50.0. The van der Waals surface area contributed by atoms with Gasteiger partial charge in [-0.2, -0.15) is 0 Å². The Bertz CT molecular complexity index is 853. The molecule has 0 spiro atoms. The number of esters is 2. The van der Waals surface area contributed by atoms with E-state index in [1.54, 1.807) is 0 Å². The van der Waals surface area contributed by atoms with Crippen LogP contribution in [0.1, 0.15) is 181 Å². The second-order valence-corrected chi connectivity index (χ2v) is 13.0. The highest BCUT2D eigenvalue weighted by atomic mass is 16.6. The van der Waals surface area contributed by atoms with Gasteiger partial charge in [-0.3, -0.25) is 9.59 Å². The van der Waals surface area contributed by atoms with Gasteiger partial charge in [-0.1, -0.05) is 152 Å². The van der Waals surface area contributed by atoms with Crippen LogP contribution in [0.2, 0.25) is 0 Å². The number of ether oxygens (including phenoxy) is 2. The van der Waals surface area contributed by atoms with Gasteiger partial charge in [0.2, 0.25) is 0 Å². The fourth-order valence-corrected chi connectivity index (χ4v) is 5.30. The van der Waals surface area contributed by atoms with Crippen LogP contribution in [-0.4, -0.2) is 36.4 Å². The normalized spacial score (nSPS) is 12.8. The van der Waals surface area contributed by atoms with Crippen LogP contribution < -0.4 is 0 Å². The fourth-order valence-electron chi connectivity index (χ4n) is 5.30. The molecule has 0 saturated heterocycles. The molecule has 0 amide bonds. The Morgan fingerprint density at radius 1 is 0.500 bits per heavy atom. The van der Waals surface area contributed by atoms with Gasteiger partial charge >= 0.3 is 11.9 Å². The van der Waals surface area contributed by atoms with Gasteiger partial charge in [0.25, 0.3) is 0 Å². The van der Waals surface area contributed by atoms with Crippen molar-refractivity contribution in [3.8, 4) is 0 Å². The molecule has 1 atom stereocenters. The molecular formula is C43H74O5. The summed E-state index contributed by atoms with van der Waals surface area (Å²) < 4.78 is 10.6. The lowest BCUT2D eigenvalue weighted by Gasteiger charge is -2.15. The van der Waals surface area contributed by atoms with E-state index in [4.69, 9.17) is 9.47 Å². The standard InChI is InChI=1S/C43H74O5/c1-3-5-7-9-11-13-15-17-19-20-21-22-24-25-27-29-31-33-35-37-42(45)47-40-41(39-44)48-43(46)38-36-34-32-30-28-26-23-18-16-14-12-10-8-6-4-2/h6,8,12,14,17-19,23,28,30,41,44H,3-5,7,9-11,13,15-16,20-22,24-27,29,31-40H2,1-2H3/b8-6-,14-12-,19-17-,23-18-,30-28-. The molecule has 0 aliphatic rings. The number of rotatable bonds is 35.